The molecule has 3 aromatic rings. The average molecular weight is 303 g/mol. The number of phenols is 1. The minimum absolute atomic E-state index is 0.193. The molecule has 0 aliphatic carbocycles. The van der Waals surface area contributed by atoms with Crippen molar-refractivity contribution in [3.05, 3.63) is 78.4 Å². The summed E-state index contributed by atoms with van der Waals surface area (Å²) in [6.07, 6.45) is 1.51. The van der Waals surface area contributed by atoms with Crippen LogP contribution in [-0.4, -0.2) is 18.4 Å². The number of benzene rings is 3. The second-order valence-corrected chi connectivity index (χ2v) is 5.08. The van der Waals surface area contributed by atoms with Gasteiger partial charge in [-0.05, 0) is 22.8 Å². The monoisotopic (exact) mass is 303 g/mol. The lowest BCUT2D eigenvalue weighted by molar-refractivity contribution is 0.215. The zero-order valence-corrected chi connectivity index (χ0v) is 12.8. The van der Waals surface area contributed by atoms with Gasteiger partial charge in [0.1, 0.15) is 12.9 Å². The van der Waals surface area contributed by atoms with Crippen LogP contribution in [0.3, 0.4) is 0 Å². The van der Waals surface area contributed by atoms with Gasteiger partial charge in [-0.15, -0.1) is 0 Å². The molecule has 0 unspecified atom stereocenters. The van der Waals surface area contributed by atoms with Crippen molar-refractivity contribution in [1.29, 1.82) is 0 Å². The molecular weight excluding hydrogens is 286 g/mol. The molecule has 0 amide bonds. The first kappa shape index (κ1) is 14.9. The summed E-state index contributed by atoms with van der Waals surface area (Å²) < 4.78 is 0. The minimum Gasteiger partial charge on any atom is -0.507 e. The van der Waals surface area contributed by atoms with Crippen molar-refractivity contribution >= 4 is 6.21 Å². The van der Waals surface area contributed by atoms with Crippen LogP contribution < -0.4 is 0 Å². The summed E-state index contributed by atoms with van der Waals surface area (Å²) in [7, 11) is 1.48. The van der Waals surface area contributed by atoms with E-state index < -0.39 is 0 Å². The smallest absolute Gasteiger partial charge is 0.132 e. The predicted octanol–water partition coefficient (Wildman–Crippen LogP) is 4.71. The Kier molecular flexibility index (Phi) is 4.39. The van der Waals surface area contributed by atoms with E-state index in [4.69, 9.17) is 4.84 Å². The highest BCUT2D eigenvalue weighted by Crippen LogP contribution is 2.40. The first-order valence-electron chi connectivity index (χ1n) is 7.34. The van der Waals surface area contributed by atoms with Gasteiger partial charge in [-0.2, -0.15) is 0 Å². The number of phenolic OH excluding ortho intramolecular Hbond substituents is 1. The largest absolute Gasteiger partial charge is 0.507 e. The van der Waals surface area contributed by atoms with Gasteiger partial charge in [-0.3, -0.25) is 0 Å². The summed E-state index contributed by atoms with van der Waals surface area (Å²) in [5, 5.41) is 14.5. The highest BCUT2D eigenvalue weighted by atomic mass is 16.6. The van der Waals surface area contributed by atoms with Crippen LogP contribution in [0.2, 0.25) is 0 Å². The summed E-state index contributed by atoms with van der Waals surface area (Å²) in [5.41, 5.74) is 4.39. The van der Waals surface area contributed by atoms with Gasteiger partial charge in [0.25, 0.3) is 0 Å². The maximum atomic E-state index is 10.8. The maximum absolute atomic E-state index is 10.8. The number of hydrogen-bond donors (Lipinski definition) is 1. The molecule has 0 saturated heterocycles. The van der Waals surface area contributed by atoms with E-state index in [9.17, 15) is 5.11 Å². The third-order valence-corrected chi connectivity index (χ3v) is 3.65. The molecule has 0 heterocycles. The van der Waals surface area contributed by atoms with Crippen molar-refractivity contribution in [1.82, 2.24) is 0 Å². The van der Waals surface area contributed by atoms with Crippen LogP contribution in [0.1, 0.15) is 5.56 Å². The first-order chi connectivity index (χ1) is 11.3. The van der Waals surface area contributed by atoms with E-state index >= 15 is 0 Å². The Hall–Kier alpha value is -3.07. The molecule has 3 heteroatoms. The fourth-order valence-electron chi connectivity index (χ4n) is 2.58. The molecule has 0 aromatic heterocycles. The van der Waals surface area contributed by atoms with E-state index in [-0.39, 0.29) is 5.75 Å². The quantitative estimate of drug-likeness (QED) is 0.560. The van der Waals surface area contributed by atoms with Crippen LogP contribution in [0.15, 0.2) is 78.0 Å². The highest BCUT2D eigenvalue weighted by molar-refractivity contribution is 5.95. The topological polar surface area (TPSA) is 41.8 Å². The molecule has 3 rings (SSSR count). The lowest BCUT2D eigenvalue weighted by atomic mass is 9.92. The molecular formula is C20H17NO2. The number of rotatable bonds is 4. The molecule has 3 nitrogen and oxygen atoms in total. The van der Waals surface area contributed by atoms with Crippen LogP contribution in [0, 0.1) is 0 Å². The summed E-state index contributed by atoms with van der Waals surface area (Å²) >= 11 is 0. The van der Waals surface area contributed by atoms with Gasteiger partial charge < -0.3 is 9.94 Å². The van der Waals surface area contributed by atoms with Gasteiger partial charge in [0, 0.05) is 11.1 Å². The average Bonchev–Trinajstić information content (AvgIpc) is 2.62. The number of nitrogens with zero attached hydrogens (tertiary/aromatic N) is 1. The maximum Gasteiger partial charge on any atom is 0.132 e. The predicted molar refractivity (Wildman–Crippen MR) is 93.6 cm³/mol. The molecule has 0 aliphatic heterocycles. The van der Waals surface area contributed by atoms with Gasteiger partial charge in [0.2, 0.25) is 0 Å². The van der Waals surface area contributed by atoms with Crippen molar-refractivity contribution in [3.63, 3.8) is 0 Å². The zero-order valence-electron chi connectivity index (χ0n) is 12.8. The van der Waals surface area contributed by atoms with Crippen LogP contribution in [-0.2, 0) is 4.84 Å². The fourth-order valence-corrected chi connectivity index (χ4v) is 2.58. The Morgan fingerprint density at radius 2 is 1.43 bits per heavy atom. The first-order valence-corrected chi connectivity index (χ1v) is 7.34. The van der Waals surface area contributed by atoms with Gasteiger partial charge >= 0.3 is 0 Å². The SMILES string of the molecule is CO/N=C/c1ccc(-c2ccccc2)c(-c2ccccc2)c1O. The molecule has 0 radical (unpaired) electrons. The second kappa shape index (κ2) is 6.79. The lowest BCUT2D eigenvalue weighted by Gasteiger charge is -2.14. The Labute approximate surface area is 135 Å². The number of hydrogen-bond acceptors (Lipinski definition) is 3. The van der Waals surface area contributed by atoms with E-state index in [0.29, 0.717) is 5.56 Å². The van der Waals surface area contributed by atoms with E-state index in [0.717, 1.165) is 22.3 Å². The number of aromatic hydroxyl groups is 1. The molecule has 0 atom stereocenters. The molecule has 0 fully saturated rings. The molecule has 114 valence electrons. The van der Waals surface area contributed by atoms with Crippen molar-refractivity contribution in [3.8, 4) is 28.0 Å². The summed E-state index contributed by atoms with van der Waals surface area (Å²) in [5.74, 6) is 0.193. The van der Waals surface area contributed by atoms with Gasteiger partial charge in [0.15, 0.2) is 0 Å². The van der Waals surface area contributed by atoms with Crippen molar-refractivity contribution in [2.24, 2.45) is 5.16 Å². The van der Waals surface area contributed by atoms with E-state index in [2.05, 4.69) is 5.16 Å². The standard InChI is InChI=1S/C20H17NO2/c1-23-21-14-17-12-13-18(15-8-4-2-5-9-15)19(20(17)22)16-10-6-3-7-11-16/h2-14,22H,1H3/b21-14+. The number of oxime groups is 1. The minimum atomic E-state index is 0.193. The summed E-state index contributed by atoms with van der Waals surface area (Å²) in [6.45, 7) is 0. The molecule has 1 N–H and O–H groups in total. The Morgan fingerprint density at radius 1 is 0.826 bits per heavy atom. The third kappa shape index (κ3) is 3.09. The normalized spacial score (nSPS) is 10.8. The van der Waals surface area contributed by atoms with Gasteiger partial charge in [0.05, 0.1) is 6.21 Å². The Balaban J connectivity index is 2.25. The molecule has 0 aliphatic rings. The van der Waals surface area contributed by atoms with Crippen LogP contribution in [0.25, 0.3) is 22.3 Å². The van der Waals surface area contributed by atoms with Gasteiger partial charge in [-0.25, -0.2) is 0 Å². The molecule has 0 saturated carbocycles. The van der Waals surface area contributed by atoms with Crippen LogP contribution in [0.5, 0.6) is 5.75 Å². The lowest BCUT2D eigenvalue weighted by Crippen LogP contribution is -1.91. The second-order valence-electron chi connectivity index (χ2n) is 5.08. The summed E-state index contributed by atoms with van der Waals surface area (Å²) in [6, 6.07) is 23.7. The van der Waals surface area contributed by atoms with Crippen LogP contribution >= 0.6 is 0 Å². The van der Waals surface area contributed by atoms with Crippen molar-refractivity contribution in [2.45, 2.75) is 0 Å². The van der Waals surface area contributed by atoms with E-state index in [1.807, 2.05) is 72.8 Å². The molecule has 0 bridgehead atoms. The molecule has 23 heavy (non-hydrogen) atoms. The Bertz CT molecular complexity index is 812. The molecule has 0 spiro atoms. The van der Waals surface area contributed by atoms with E-state index in [1.165, 1.54) is 13.3 Å². The highest BCUT2D eigenvalue weighted by Gasteiger charge is 2.15. The van der Waals surface area contributed by atoms with Crippen LogP contribution in [0.4, 0.5) is 0 Å². The van der Waals surface area contributed by atoms with Crippen molar-refractivity contribution in [2.75, 3.05) is 7.11 Å². The summed E-state index contributed by atoms with van der Waals surface area (Å²) in [4.78, 5) is 4.72. The molecule has 3 aromatic carbocycles. The van der Waals surface area contributed by atoms with E-state index in [1.54, 1.807) is 0 Å². The fraction of sp³-hybridized carbons (Fsp3) is 0.0500. The van der Waals surface area contributed by atoms with Crippen molar-refractivity contribution < 1.29 is 9.94 Å². The third-order valence-electron chi connectivity index (χ3n) is 3.65. The Morgan fingerprint density at radius 3 is 2.04 bits per heavy atom. The zero-order chi connectivity index (χ0) is 16.1. The van der Waals surface area contributed by atoms with Gasteiger partial charge in [-0.1, -0.05) is 71.9 Å².